The number of fused-ring (bicyclic) bond motifs is 1. The number of carboxylic acids is 2. The molecule has 0 aliphatic carbocycles. The van der Waals surface area contributed by atoms with E-state index in [1.165, 1.54) is 0 Å². The van der Waals surface area contributed by atoms with Gasteiger partial charge in [-0.15, -0.1) is 0 Å². The lowest BCUT2D eigenvalue weighted by Crippen LogP contribution is -2.35. The van der Waals surface area contributed by atoms with Crippen molar-refractivity contribution in [1.29, 1.82) is 0 Å². The predicted molar refractivity (Wildman–Crippen MR) is 109 cm³/mol. The maximum atomic E-state index is 9.55. The van der Waals surface area contributed by atoms with Crippen LogP contribution in [0.3, 0.4) is 0 Å². The lowest BCUT2D eigenvalue weighted by molar-refractivity contribution is -0.134. The predicted octanol–water partition coefficient (Wildman–Crippen LogP) is 0.942. The second-order valence-electron chi connectivity index (χ2n) is 6.03. The Labute approximate surface area is 173 Å². The second kappa shape index (κ2) is 12.2. The first kappa shape index (κ1) is 25.7. The van der Waals surface area contributed by atoms with Gasteiger partial charge in [0.2, 0.25) is 5.88 Å². The molecule has 2 rings (SSSR count). The molecule has 1 atom stereocenters. The molecule has 0 radical (unpaired) electrons. The number of likely N-dealkylation sites (N-methyl/N-ethyl adjacent to an activating group) is 1. The van der Waals surface area contributed by atoms with Crippen LogP contribution in [0, 0.1) is 0 Å². The first-order chi connectivity index (χ1) is 12.6. The monoisotopic (exact) mass is 433 g/mol. The van der Waals surface area contributed by atoms with E-state index in [4.69, 9.17) is 38.8 Å². The molecule has 1 aliphatic rings. The van der Waals surface area contributed by atoms with Crippen molar-refractivity contribution in [3.05, 3.63) is 35.0 Å². The molecule has 1 unspecified atom stereocenters. The molecule has 156 valence electrons. The fourth-order valence-corrected chi connectivity index (χ4v) is 2.54. The first-order valence-electron chi connectivity index (χ1n) is 7.96. The number of ether oxygens (including phenoxy) is 1. The van der Waals surface area contributed by atoms with Gasteiger partial charge in [-0.3, -0.25) is 0 Å². The van der Waals surface area contributed by atoms with Crippen LogP contribution in [0.4, 0.5) is 0 Å². The minimum Gasteiger partial charge on any atom is -0.478 e. The summed E-state index contributed by atoms with van der Waals surface area (Å²) in [5, 5.41) is 16.2. The van der Waals surface area contributed by atoms with Crippen molar-refractivity contribution >= 4 is 40.7 Å². The number of carbonyl (C=O) groups is 2. The number of aromatic nitrogens is 1. The zero-order valence-corrected chi connectivity index (χ0v) is 17.3. The van der Waals surface area contributed by atoms with Crippen LogP contribution >= 0.6 is 23.8 Å². The molecule has 0 saturated carbocycles. The highest BCUT2D eigenvalue weighted by molar-refractivity contribution is 7.80. The van der Waals surface area contributed by atoms with E-state index in [1.807, 2.05) is 18.0 Å². The molecule has 0 amide bonds. The number of thiocarbonyl (C=S) groups is 1. The zero-order chi connectivity index (χ0) is 20.6. The van der Waals surface area contributed by atoms with Gasteiger partial charge in [-0.05, 0) is 26.6 Å². The van der Waals surface area contributed by atoms with Gasteiger partial charge in [-0.1, -0.05) is 23.8 Å². The summed E-state index contributed by atoms with van der Waals surface area (Å²) < 4.78 is 5.98. The van der Waals surface area contributed by atoms with E-state index in [-0.39, 0.29) is 11.6 Å². The van der Waals surface area contributed by atoms with Gasteiger partial charge < -0.3 is 30.2 Å². The molecule has 0 aromatic carbocycles. The Morgan fingerprint density at radius 1 is 1.39 bits per heavy atom. The van der Waals surface area contributed by atoms with E-state index in [2.05, 4.69) is 24.0 Å². The van der Waals surface area contributed by atoms with Crippen LogP contribution in [-0.4, -0.2) is 87.7 Å². The highest BCUT2D eigenvalue weighted by Crippen LogP contribution is 2.26. The summed E-state index contributed by atoms with van der Waals surface area (Å²) in [5.41, 5.74) is 0.803. The third-order valence-corrected chi connectivity index (χ3v) is 4.16. The quantitative estimate of drug-likeness (QED) is 0.513. The minimum atomic E-state index is -1.26. The third kappa shape index (κ3) is 9.09. The number of aliphatic carboxylic acids is 2. The van der Waals surface area contributed by atoms with E-state index < -0.39 is 11.9 Å². The van der Waals surface area contributed by atoms with Crippen molar-refractivity contribution in [3.8, 4) is 5.88 Å². The van der Waals surface area contributed by atoms with Gasteiger partial charge in [0.05, 0.1) is 17.1 Å². The topological polar surface area (TPSA) is 135 Å². The van der Waals surface area contributed by atoms with Gasteiger partial charge >= 0.3 is 11.9 Å². The Kier molecular flexibility index (Phi) is 11.2. The average Bonchev–Trinajstić information content (AvgIpc) is 2.69. The van der Waals surface area contributed by atoms with Crippen molar-refractivity contribution in [2.75, 3.05) is 34.2 Å². The number of halogens is 1. The molecule has 1 aliphatic heterocycles. The molecule has 9 nitrogen and oxygen atoms in total. The van der Waals surface area contributed by atoms with E-state index in [0.29, 0.717) is 23.1 Å². The van der Waals surface area contributed by atoms with Crippen LogP contribution in [0.1, 0.15) is 12.0 Å². The van der Waals surface area contributed by atoms with Gasteiger partial charge in [-0.2, -0.15) is 0 Å². The molecule has 1 aromatic heterocycles. The van der Waals surface area contributed by atoms with Gasteiger partial charge in [0.25, 0.3) is 0 Å². The number of nitrogens with zero attached hydrogens (tertiary/aromatic N) is 3. The van der Waals surface area contributed by atoms with Crippen LogP contribution in [0.5, 0.6) is 5.88 Å². The smallest absolute Gasteiger partial charge is 0.328 e. The normalized spacial score (nSPS) is 15.7. The van der Waals surface area contributed by atoms with Crippen LogP contribution in [0.15, 0.2) is 24.4 Å². The van der Waals surface area contributed by atoms with E-state index in [1.54, 1.807) is 6.20 Å². The van der Waals surface area contributed by atoms with Crippen LogP contribution in [0.2, 0.25) is 5.02 Å². The van der Waals surface area contributed by atoms with Gasteiger partial charge in [-0.25, -0.2) is 14.6 Å². The maximum Gasteiger partial charge on any atom is 0.328 e. The van der Waals surface area contributed by atoms with Gasteiger partial charge in [0.15, 0.2) is 0 Å². The van der Waals surface area contributed by atoms with Crippen molar-refractivity contribution < 1.29 is 30.0 Å². The Balaban J connectivity index is 0.000000694. The van der Waals surface area contributed by atoms with Crippen molar-refractivity contribution in [3.63, 3.8) is 0 Å². The van der Waals surface area contributed by atoms with E-state index >= 15 is 0 Å². The molecule has 11 heteroatoms. The standard InChI is InChI=1S/C13H18ClN3OS.C4H4O4.H2O/c1-16(2)5-4-10-8-17(3)13(19)11-6-9(14)7-15-12(11)18-10;5-3(6)1-2-4(7)8;/h6-7,10H,4-5,8H2,1-3H3;1-2H,(H,5,6)(H,7,8);1H2. The van der Waals surface area contributed by atoms with Crippen LogP contribution in [0.25, 0.3) is 0 Å². The maximum absolute atomic E-state index is 9.55. The molecule has 2 heterocycles. The summed E-state index contributed by atoms with van der Waals surface area (Å²) in [5.74, 6) is -1.93. The fraction of sp³-hybridized carbons (Fsp3) is 0.412. The second-order valence-corrected chi connectivity index (χ2v) is 6.86. The number of hydrogen-bond acceptors (Lipinski definition) is 6. The summed E-state index contributed by atoms with van der Waals surface area (Å²) in [6, 6.07) is 1.82. The van der Waals surface area contributed by atoms with Crippen molar-refractivity contribution in [2.24, 2.45) is 0 Å². The highest BCUT2D eigenvalue weighted by Gasteiger charge is 2.25. The van der Waals surface area contributed by atoms with Crippen molar-refractivity contribution in [2.45, 2.75) is 12.5 Å². The summed E-state index contributed by atoms with van der Waals surface area (Å²) in [4.78, 5) is 28.3. The Morgan fingerprint density at radius 2 is 1.96 bits per heavy atom. The molecule has 0 bridgehead atoms. The number of pyridine rings is 1. The Morgan fingerprint density at radius 3 is 2.46 bits per heavy atom. The lowest BCUT2D eigenvalue weighted by atomic mass is 10.2. The summed E-state index contributed by atoms with van der Waals surface area (Å²) >= 11 is 11.4. The van der Waals surface area contributed by atoms with Crippen LogP contribution in [-0.2, 0) is 9.59 Å². The zero-order valence-electron chi connectivity index (χ0n) is 15.8. The van der Waals surface area contributed by atoms with E-state index in [9.17, 15) is 9.59 Å². The lowest BCUT2D eigenvalue weighted by Gasteiger charge is -2.22. The molecule has 1 aromatic rings. The molecule has 4 N–H and O–H groups in total. The number of carboxylic acid groups (broad SMARTS) is 2. The van der Waals surface area contributed by atoms with Crippen LogP contribution < -0.4 is 4.74 Å². The molecule has 28 heavy (non-hydrogen) atoms. The number of rotatable bonds is 5. The SMILES string of the molecule is CN(C)CCC1CN(C)C(=S)c2cc(Cl)cnc2O1.O.O=C(O)C=CC(=O)O. The fourth-order valence-electron chi connectivity index (χ4n) is 2.16. The molecule has 0 spiro atoms. The summed E-state index contributed by atoms with van der Waals surface area (Å²) in [7, 11) is 6.08. The van der Waals surface area contributed by atoms with Crippen molar-refractivity contribution in [1.82, 2.24) is 14.8 Å². The van der Waals surface area contributed by atoms with E-state index in [0.717, 1.165) is 30.1 Å². The molecular formula is C17H24ClN3O6S. The number of hydrogen-bond donors (Lipinski definition) is 2. The van der Waals surface area contributed by atoms with Gasteiger partial charge in [0.1, 0.15) is 11.1 Å². The highest BCUT2D eigenvalue weighted by atomic mass is 35.5. The first-order valence-corrected chi connectivity index (χ1v) is 8.75. The molecule has 0 saturated heterocycles. The largest absolute Gasteiger partial charge is 0.478 e. The Bertz CT molecular complexity index is 713. The minimum absolute atomic E-state index is 0. The summed E-state index contributed by atoms with van der Waals surface area (Å²) in [6.45, 7) is 1.73. The average molecular weight is 434 g/mol. The summed E-state index contributed by atoms with van der Waals surface area (Å²) in [6.07, 6.45) is 3.73. The van der Waals surface area contributed by atoms with Gasteiger partial charge in [0, 0.05) is 31.9 Å². The molecular weight excluding hydrogens is 410 g/mol. The molecule has 0 fully saturated rings. The third-order valence-electron chi connectivity index (χ3n) is 3.42. The Hall–Kier alpha value is -2.27.